The van der Waals surface area contributed by atoms with Crippen molar-refractivity contribution in [2.45, 2.75) is 18.8 Å². The molecule has 2 aromatic rings. The molecule has 0 saturated heterocycles. The van der Waals surface area contributed by atoms with Crippen LogP contribution in [0.1, 0.15) is 5.56 Å². The molecule has 1 atom stereocenters. The van der Waals surface area contributed by atoms with Crippen molar-refractivity contribution in [2.75, 3.05) is 27.6 Å². The van der Waals surface area contributed by atoms with Crippen molar-refractivity contribution in [1.82, 2.24) is 0 Å². The first-order chi connectivity index (χ1) is 11.4. The Bertz CT molecular complexity index is 783. The first kappa shape index (κ1) is 18.7. The Kier molecular flexibility index (Phi) is 6.17. The van der Waals surface area contributed by atoms with Gasteiger partial charge in [-0.25, -0.2) is 0 Å². The Morgan fingerprint density at radius 1 is 0.958 bits per heavy atom. The Labute approximate surface area is 142 Å². The fourth-order valence-corrected chi connectivity index (χ4v) is 3.17. The molecule has 0 aliphatic heterocycles. The zero-order chi connectivity index (χ0) is 17.7. The van der Waals surface area contributed by atoms with Gasteiger partial charge in [0.15, 0.2) is 6.29 Å². The molecule has 0 heterocycles. The van der Waals surface area contributed by atoms with Gasteiger partial charge in [-0.15, -0.1) is 0 Å². The summed E-state index contributed by atoms with van der Waals surface area (Å²) in [6.07, 6.45) is -0.215. The van der Waals surface area contributed by atoms with Crippen LogP contribution in [0.25, 0.3) is 10.8 Å². The summed E-state index contributed by atoms with van der Waals surface area (Å²) >= 11 is 0. The molecule has 6 nitrogen and oxygen atoms in total. The normalized spacial score (nSPS) is 13.4. The smallest absolute Gasteiger partial charge is 0.264 e. The number of hydrogen-bond donors (Lipinski definition) is 0. The lowest BCUT2D eigenvalue weighted by atomic mass is 10.0. The van der Waals surface area contributed by atoms with E-state index < -0.39 is 22.5 Å². The highest BCUT2D eigenvalue weighted by Crippen LogP contribution is 2.23. The lowest BCUT2D eigenvalue weighted by molar-refractivity contribution is -0.154. The summed E-state index contributed by atoms with van der Waals surface area (Å²) in [6, 6.07) is 11.6. The van der Waals surface area contributed by atoms with Gasteiger partial charge < -0.3 is 14.2 Å². The van der Waals surface area contributed by atoms with Gasteiger partial charge in [0.05, 0.1) is 13.4 Å². The van der Waals surface area contributed by atoms with E-state index in [0.29, 0.717) is 6.42 Å². The van der Waals surface area contributed by atoms with E-state index in [4.69, 9.17) is 18.4 Å². The largest absolute Gasteiger partial charge is 0.497 e. The van der Waals surface area contributed by atoms with E-state index >= 15 is 0 Å². The maximum atomic E-state index is 11.5. The predicted octanol–water partition coefficient (Wildman–Crippen LogP) is 2.35. The molecule has 7 heteroatoms. The van der Waals surface area contributed by atoms with Crippen LogP contribution in [0.15, 0.2) is 36.4 Å². The maximum absolute atomic E-state index is 11.5. The highest BCUT2D eigenvalue weighted by Gasteiger charge is 2.26. The molecule has 0 fully saturated rings. The van der Waals surface area contributed by atoms with Crippen molar-refractivity contribution in [1.29, 1.82) is 0 Å². The third-order valence-electron chi connectivity index (χ3n) is 3.62. The molecular formula is C17H22O6S. The van der Waals surface area contributed by atoms with Crippen LogP contribution in [0.4, 0.5) is 0 Å². The number of rotatable bonds is 8. The zero-order valence-corrected chi connectivity index (χ0v) is 15.0. The van der Waals surface area contributed by atoms with E-state index in [2.05, 4.69) is 0 Å². The van der Waals surface area contributed by atoms with Crippen LogP contribution in [0, 0.1) is 0 Å². The van der Waals surface area contributed by atoms with Crippen LogP contribution in [0.2, 0.25) is 0 Å². The number of methoxy groups -OCH3 is 3. The third-order valence-corrected chi connectivity index (χ3v) is 4.21. The molecule has 0 spiro atoms. The summed E-state index contributed by atoms with van der Waals surface area (Å²) in [7, 11) is 0.874. The Balaban J connectivity index is 2.29. The molecule has 0 radical (unpaired) electrons. The molecule has 2 rings (SSSR count). The van der Waals surface area contributed by atoms with Gasteiger partial charge in [0.25, 0.3) is 10.1 Å². The summed E-state index contributed by atoms with van der Waals surface area (Å²) in [4.78, 5) is 0. The van der Waals surface area contributed by atoms with Crippen LogP contribution in [0.3, 0.4) is 0 Å². The van der Waals surface area contributed by atoms with Crippen molar-refractivity contribution in [3.63, 3.8) is 0 Å². The van der Waals surface area contributed by atoms with Crippen LogP contribution in [-0.2, 0) is 30.2 Å². The van der Waals surface area contributed by atoms with Crippen molar-refractivity contribution in [3.8, 4) is 5.75 Å². The quantitative estimate of drug-likeness (QED) is 0.535. The average molecular weight is 354 g/mol. The van der Waals surface area contributed by atoms with E-state index in [9.17, 15) is 8.42 Å². The van der Waals surface area contributed by atoms with Gasteiger partial charge >= 0.3 is 0 Å². The Morgan fingerprint density at radius 3 is 2.17 bits per heavy atom. The van der Waals surface area contributed by atoms with E-state index in [0.717, 1.165) is 28.3 Å². The van der Waals surface area contributed by atoms with Gasteiger partial charge in [-0.3, -0.25) is 4.18 Å². The summed E-state index contributed by atoms with van der Waals surface area (Å²) in [6.45, 7) is 0. The molecule has 0 aliphatic carbocycles. The predicted molar refractivity (Wildman–Crippen MR) is 91.7 cm³/mol. The Morgan fingerprint density at radius 2 is 1.58 bits per heavy atom. The van der Waals surface area contributed by atoms with E-state index in [1.54, 1.807) is 7.11 Å². The monoisotopic (exact) mass is 354 g/mol. The molecular weight excluding hydrogens is 332 g/mol. The van der Waals surface area contributed by atoms with Gasteiger partial charge in [0.2, 0.25) is 0 Å². The van der Waals surface area contributed by atoms with Crippen LogP contribution in [0.5, 0.6) is 5.75 Å². The maximum Gasteiger partial charge on any atom is 0.264 e. The molecule has 0 aliphatic rings. The minimum Gasteiger partial charge on any atom is -0.497 e. The summed E-state index contributed by atoms with van der Waals surface area (Å²) in [5, 5.41) is 2.06. The SMILES string of the molecule is COc1ccc2cc(C[C@H](OS(C)(=O)=O)C(OC)OC)ccc2c1. The number of ether oxygens (including phenoxy) is 3. The first-order valence-corrected chi connectivity index (χ1v) is 9.18. The molecule has 132 valence electrons. The summed E-state index contributed by atoms with van der Waals surface area (Å²) in [5.41, 5.74) is 0.917. The zero-order valence-electron chi connectivity index (χ0n) is 14.2. The number of hydrogen-bond acceptors (Lipinski definition) is 6. The fraction of sp³-hybridized carbons (Fsp3) is 0.412. The molecule has 2 aromatic carbocycles. The second-order valence-electron chi connectivity index (χ2n) is 5.43. The number of benzene rings is 2. The van der Waals surface area contributed by atoms with E-state index in [1.807, 2.05) is 36.4 Å². The van der Waals surface area contributed by atoms with Gasteiger partial charge in [0.1, 0.15) is 11.9 Å². The van der Waals surface area contributed by atoms with Crippen molar-refractivity contribution in [2.24, 2.45) is 0 Å². The first-order valence-electron chi connectivity index (χ1n) is 7.37. The minimum absolute atomic E-state index is 0.335. The van der Waals surface area contributed by atoms with Gasteiger partial charge in [0, 0.05) is 20.6 Å². The van der Waals surface area contributed by atoms with Crippen LogP contribution < -0.4 is 4.74 Å². The van der Waals surface area contributed by atoms with Crippen molar-refractivity contribution in [3.05, 3.63) is 42.0 Å². The van der Waals surface area contributed by atoms with Gasteiger partial charge in [-0.2, -0.15) is 8.42 Å². The third kappa shape index (κ3) is 4.91. The number of fused-ring (bicyclic) bond motifs is 1. The highest BCUT2D eigenvalue weighted by molar-refractivity contribution is 7.86. The van der Waals surface area contributed by atoms with Gasteiger partial charge in [-0.1, -0.05) is 24.3 Å². The van der Waals surface area contributed by atoms with Gasteiger partial charge in [-0.05, 0) is 28.5 Å². The summed E-state index contributed by atoms with van der Waals surface area (Å²) < 4.78 is 43.7. The van der Waals surface area contributed by atoms with Crippen LogP contribution >= 0.6 is 0 Å². The second kappa shape index (κ2) is 7.94. The van der Waals surface area contributed by atoms with E-state index in [1.165, 1.54) is 14.2 Å². The molecule has 0 N–H and O–H groups in total. The van der Waals surface area contributed by atoms with Crippen LogP contribution in [-0.4, -0.2) is 48.4 Å². The molecule has 0 aromatic heterocycles. The van der Waals surface area contributed by atoms with Crippen molar-refractivity contribution < 1.29 is 26.8 Å². The van der Waals surface area contributed by atoms with E-state index in [-0.39, 0.29) is 0 Å². The molecule has 0 bridgehead atoms. The standard InChI is InChI=1S/C17H22O6S/c1-20-15-8-7-13-9-12(5-6-14(13)11-15)10-16(17(21-2)22-3)23-24(4,18)19/h5-9,11,16-17H,10H2,1-4H3/t16-/m0/s1. The minimum atomic E-state index is -3.64. The highest BCUT2D eigenvalue weighted by atomic mass is 32.2. The molecule has 0 unspecified atom stereocenters. The van der Waals surface area contributed by atoms with Crippen molar-refractivity contribution >= 4 is 20.9 Å². The second-order valence-corrected chi connectivity index (χ2v) is 7.03. The lowest BCUT2D eigenvalue weighted by Gasteiger charge is -2.24. The fourth-order valence-electron chi connectivity index (χ4n) is 2.56. The average Bonchev–Trinajstić information content (AvgIpc) is 2.54. The molecule has 0 saturated carbocycles. The molecule has 0 amide bonds. The Hall–Kier alpha value is -1.67. The lowest BCUT2D eigenvalue weighted by Crippen LogP contribution is -2.35. The molecule has 24 heavy (non-hydrogen) atoms. The summed E-state index contributed by atoms with van der Waals surface area (Å²) in [5.74, 6) is 0.785. The topological polar surface area (TPSA) is 71.1 Å².